The van der Waals surface area contributed by atoms with E-state index in [-0.39, 0.29) is 15.6 Å². The minimum atomic E-state index is -4.07. The molecule has 0 fully saturated rings. The Balaban J connectivity index is 1.93. The average Bonchev–Trinajstić information content (AvgIpc) is 2.73. The maximum atomic E-state index is 13.3. The first-order valence-electron chi connectivity index (χ1n) is 9.37. The monoisotopic (exact) mass is 478 g/mol. The van der Waals surface area contributed by atoms with Crippen molar-refractivity contribution in [2.24, 2.45) is 0 Å². The van der Waals surface area contributed by atoms with Gasteiger partial charge in [-0.15, -0.1) is 0 Å². The molecule has 0 saturated heterocycles. The zero-order valence-corrected chi connectivity index (χ0v) is 18.9. The minimum Gasteiger partial charge on any atom is -0.494 e. The van der Waals surface area contributed by atoms with Crippen molar-refractivity contribution >= 4 is 50.5 Å². The maximum absolute atomic E-state index is 13.3. The summed E-state index contributed by atoms with van der Waals surface area (Å²) in [6.07, 6.45) is 0. The van der Waals surface area contributed by atoms with Crippen molar-refractivity contribution in [1.29, 1.82) is 0 Å². The molecule has 0 radical (unpaired) electrons. The number of hydrogen-bond acceptors (Lipinski definition) is 4. The lowest BCUT2D eigenvalue weighted by Gasteiger charge is -2.25. The highest BCUT2D eigenvalue weighted by atomic mass is 35.5. The molecule has 6 nitrogen and oxygen atoms in total. The van der Waals surface area contributed by atoms with Crippen LogP contribution in [0.25, 0.3) is 0 Å². The fourth-order valence-electron chi connectivity index (χ4n) is 2.86. The van der Waals surface area contributed by atoms with E-state index in [4.69, 9.17) is 27.9 Å². The Morgan fingerprint density at radius 3 is 2.42 bits per heavy atom. The van der Waals surface area contributed by atoms with Gasteiger partial charge in [-0.25, -0.2) is 8.42 Å². The van der Waals surface area contributed by atoms with Gasteiger partial charge < -0.3 is 10.1 Å². The molecule has 3 rings (SSSR count). The summed E-state index contributed by atoms with van der Waals surface area (Å²) >= 11 is 12.2. The molecule has 0 aliphatic rings. The number of carbonyl (C=O) groups is 1. The van der Waals surface area contributed by atoms with Crippen LogP contribution in [0.4, 0.5) is 11.4 Å². The van der Waals surface area contributed by atoms with E-state index < -0.39 is 22.5 Å². The predicted molar refractivity (Wildman–Crippen MR) is 124 cm³/mol. The van der Waals surface area contributed by atoms with E-state index in [0.29, 0.717) is 23.1 Å². The van der Waals surface area contributed by atoms with Gasteiger partial charge >= 0.3 is 0 Å². The molecule has 3 aromatic carbocycles. The van der Waals surface area contributed by atoms with Crippen LogP contribution in [0.3, 0.4) is 0 Å². The quantitative estimate of drug-likeness (QED) is 0.480. The second-order valence-corrected chi connectivity index (χ2v) is 9.14. The van der Waals surface area contributed by atoms with E-state index in [1.807, 2.05) is 6.92 Å². The summed E-state index contributed by atoms with van der Waals surface area (Å²) in [6, 6.07) is 19.1. The first-order chi connectivity index (χ1) is 14.8. The molecule has 0 atom stereocenters. The molecule has 9 heteroatoms. The van der Waals surface area contributed by atoms with Crippen molar-refractivity contribution < 1.29 is 17.9 Å². The summed E-state index contributed by atoms with van der Waals surface area (Å²) in [5.41, 5.74) is 0.628. The van der Waals surface area contributed by atoms with Crippen LogP contribution >= 0.6 is 23.2 Å². The first-order valence-corrected chi connectivity index (χ1v) is 11.6. The third-order valence-electron chi connectivity index (χ3n) is 4.23. The van der Waals surface area contributed by atoms with Gasteiger partial charge in [0.15, 0.2) is 0 Å². The molecule has 162 valence electrons. The Bertz CT molecular complexity index is 1170. The van der Waals surface area contributed by atoms with Gasteiger partial charge in [0.1, 0.15) is 12.3 Å². The lowest BCUT2D eigenvalue weighted by atomic mass is 10.3. The van der Waals surface area contributed by atoms with Crippen LogP contribution in [-0.4, -0.2) is 27.5 Å². The van der Waals surface area contributed by atoms with Gasteiger partial charge in [0.05, 0.1) is 22.2 Å². The largest absolute Gasteiger partial charge is 0.494 e. The summed E-state index contributed by atoms with van der Waals surface area (Å²) in [4.78, 5) is 12.8. The average molecular weight is 479 g/mol. The molecule has 0 saturated carbocycles. The third kappa shape index (κ3) is 5.70. The van der Waals surface area contributed by atoms with Crippen LogP contribution in [-0.2, 0) is 14.8 Å². The van der Waals surface area contributed by atoms with Crippen LogP contribution in [0, 0.1) is 0 Å². The van der Waals surface area contributed by atoms with Gasteiger partial charge in [-0.3, -0.25) is 9.10 Å². The van der Waals surface area contributed by atoms with Crippen molar-refractivity contribution in [2.45, 2.75) is 11.8 Å². The first kappa shape index (κ1) is 22.9. The SMILES string of the molecule is CCOc1cccc(NC(=O)CN(c2ccc(Cl)cc2Cl)S(=O)(=O)c2ccccc2)c1. The molecule has 0 spiro atoms. The number of anilines is 2. The van der Waals surface area contributed by atoms with E-state index in [1.54, 1.807) is 42.5 Å². The van der Waals surface area contributed by atoms with Gasteiger partial charge in [0.25, 0.3) is 10.0 Å². The lowest BCUT2D eigenvalue weighted by Crippen LogP contribution is -2.38. The summed E-state index contributed by atoms with van der Waals surface area (Å²) in [5.74, 6) is 0.0500. The van der Waals surface area contributed by atoms with E-state index in [1.165, 1.54) is 30.3 Å². The minimum absolute atomic E-state index is 0.0344. The highest BCUT2D eigenvalue weighted by molar-refractivity contribution is 7.92. The van der Waals surface area contributed by atoms with E-state index >= 15 is 0 Å². The summed E-state index contributed by atoms with van der Waals surface area (Å²) in [7, 11) is -4.07. The second kappa shape index (κ2) is 10.0. The number of carbonyl (C=O) groups excluding carboxylic acids is 1. The molecule has 0 aliphatic carbocycles. The number of rotatable bonds is 8. The molecule has 0 aromatic heterocycles. The summed E-state index contributed by atoms with van der Waals surface area (Å²) in [5, 5.41) is 3.16. The second-order valence-electron chi connectivity index (χ2n) is 6.43. The predicted octanol–water partition coefficient (Wildman–Crippen LogP) is 5.23. The molecular weight excluding hydrogens is 459 g/mol. The molecular formula is C22H20Cl2N2O4S. The molecule has 0 bridgehead atoms. The van der Waals surface area contributed by atoms with Crippen molar-refractivity contribution in [1.82, 2.24) is 0 Å². The topological polar surface area (TPSA) is 75.7 Å². The van der Waals surface area contributed by atoms with Gasteiger partial charge in [-0.1, -0.05) is 47.5 Å². The Labute approximate surface area is 191 Å². The van der Waals surface area contributed by atoms with Crippen LogP contribution in [0.5, 0.6) is 5.75 Å². The smallest absolute Gasteiger partial charge is 0.264 e. The maximum Gasteiger partial charge on any atom is 0.264 e. The number of amides is 1. The Morgan fingerprint density at radius 2 is 1.74 bits per heavy atom. The molecule has 1 N–H and O–H groups in total. The molecule has 31 heavy (non-hydrogen) atoms. The van der Waals surface area contributed by atoms with Crippen LogP contribution in [0.1, 0.15) is 6.92 Å². The number of ether oxygens (including phenoxy) is 1. The summed E-state index contributed by atoms with van der Waals surface area (Å²) < 4.78 is 33.1. The highest BCUT2D eigenvalue weighted by Crippen LogP contribution is 2.32. The van der Waals surface area contributed by atoms with Crippen LogP contribution < -0.4 is 14.4 Å². The van der Waals surface area contributed by atoms with Gasteiger partial charge in [0, 0.05) is 16.8 Å². The number of hydrogen-bond donors (Lipinski definition) is 1. The van der Waals surface area contributed by atoms with Gasteiger partial charge in [-0.2, -0.15) is 0 Å². The number of halogens is 2. The zero-order chi connectivity index (χ0) is 22.4. The number of sulfonamides is 1. The van der Waals surface area contributed by atoms with E-state index in [2.05, 4.69) is 5.32 Å². The lowest BCUT2D eigenvalue weighted by molar-refractivity contribution is -0.114. The van der Waals surface area contributed by atoms with Crippen LogP contribution in [0.15, 0.2) is 77.7 Å². The molecule has 1 amide bonds. The Kier molecular flexibility index (Phi) is 7.43. The standard InChI is InChI=1S/C22H20Cl2N2O4S/c1-2-30-18-8-6-7-17(14-18)25-22(27)15-26(21-12-11-16(23)13-20(21)24)31(28,29)19-9-4-3-5-10-19/h3-14H,2,15H2,1H3,(H,25,27). The fraction of sp³-hybridized carbons (Fsp3) is 0.136. The Morgan fingerprint density at radius 1 is 1.00 bits per heavy atom. The highest BCUT2D eigenvalue weighted by Gasteiger charge is 2.28. The number of benzene rings is 3. The molecule has 0 aliphatic heterocycles. The van der Waals surface area contributed by atoms with E-state index in [0.717, 1.165) is 4.31 Å². The van der Waals surface area contributed by atoms with Crippen molar-refractivity contribution in [3.63, 3.8) is 0 Å². The summed E-state index contributed by atoms with van der Waals surface area (Å²) in [6.45, 7) is 1.85. The third-order valence-corrected chi connectivity index (χ3v) is 6.54. The molecule has 0 unspecified atom stereocenters. The van der Waals surface area contributed by atoms with Crippen molar-refractivity contribution in [3.05, 3.63) is 82.8 Å². The zero-order valence-electron chi connectivity index (χ0n) is 16.6. The number of nitrogens with zero attached hydrogens (tertiary/aromatic N) is 1. The fourth-order valence-corrected chi connectivity index (χ4v) is 4.89. The normalized spacial score (nSPS) is 11.1. The number of nitrogens with one attached hydrogen (secondary N) is 1. The van der Waals surface area contributed by atoms with Crippen molar-refractivity contribution in [3.8, 4) is 5.75 Å². The van der Waals surface area contributed by atoms with Gasteiger partial charge in [0.2, 0.25) is 5.91 Å². The molecule has 0 heterocycles. The van der Waals surface area contributed by atoms with Crippen molar-refractivity contribution in [2.75, 3.05) is 22.8 Å². The Hall–Kier alpha value is -2.74. The van der Waals surface area contributed by atoms with Gasteiger partial charge in [-0.05, 0) is 49.4 Å². The van der Waals surface area contributed by atoms with Crippen LogP contribution in [0.2, 0.25) is 10.0 Å². The molecule has 3 aromatic rings. The van der Waals surface area contributed by atoms with E-state index in [9.17, 15) is 13.2 Å².